The Bertz CT molecular complexity index is 647. The molecule has 0 unspecified atom stereocenters. The molecule has 108 valence electrons. The van der Waals surface area contributed by atoms with Gasteiger partial charge in [0.15, 0.2) is 11.5 Å². The lowest BCUT2D eigenvalue weighted by Crippen LogP contribution is -2.32. The van der Waals surface area contributed by atoms with Crippen molar-refractivity contribution in [1.29, 1.82) is 0 Å². The Kier molecular flexibility index (Phi) is 4.25. The molecule has 20 heavy (non-hydrogen) atoms. The van der Waals surface area contributed by atoms with Gasteiger partial charge in [-0.25, -0.2) is 4.98 Å². The molecule has 2 aromatic rings. The number of oxazole rings is 1. The van der Waals surface area contributed by atoms with E-state index in [1.165, 1.54) is 0 Å². The Morgan fingerprint density at radius 1 is 1.35 bits per heavy atom. The monoisotopic (exact) mass is 315 g/mol. The number of halogens is 2. The first-order chi connectivity index (χ1) is 9.41. The number of aliphatic carboxylic acids is 1. The van der Waals surface area contributed by atoms with Gasteiger partial charge in [-0.2, -0.15) is 0 Å². The number of fused-ring (bicyclic) bond motifs is 1. The third-order valence-corrected chi connectivity index (χ3v) is 4.25. The summed E-state index contributed by atoms with van der Waals surface area (Å²) < 4.78 is 5.60. The second-order valence-corrected chi connectivity index (χ2v) is 5.66. The number of carboxylic acid groups (broad SMARTS) is 1. The van der Waals surface area contributed by atoms with Gasteiger partial charge < -0.3 is 9.52 Å². The molecule has 0 aliphatic heterocycles. The molecular weight excluding hydrogens is 301 g/mol. The molecule has 1 aromatic heterocycles. The maximum Gasteiger partial charge on any atom is 0.310 e. The van der Waals surface area contributed by atoms with Gasteiger partial charge in [0.05, 0.1) is 10.4 Å². The molecule has 6 heteroatoms. The Morgan fingerprint density at radius 2 is 2.00 bits per heavy atom. The van der Waals surface area contributed by atoms with Crippen molar-refractivity contribution in [2.24, 2.45) is 5.41 Å². The van der Waals surface area contributed by atoms with Gasteiger partial charge in [0.25, 0.3) is 0 Å². The van der Waals surface area contributed by atoms with Crippen LogP contribution in [0.1, 0.15) is 32.6 Å². The van der Waals surface area contributed by atoms with Crippen LogP contribution in [0.2, 0.25) is 10.0 Å². The third-order valence-electron chi connectivity index (χ3n) is 3.75. The van der Waals surface area contributed by atoms with E-state index in [1.54, 1.807) is 12.1 Å². The van der Waals surface area contributed by atoms with Gasteiger partial charge >= 0.3 is 5.97 Å². The van der Waals surface area contributed by atoms with Crippen LogP contribution in [0.25, 0.3) is 11.1 Å². The number of carboxylic acids is 1. The highest BCUT2D eigenvalue weighted by atomic mass is 35.5. The summed E-state index contributed by atoms with van der Waals surface area (Å²) in [6.45, 7) is 3.70. The molecule has 0 bridgehead atoms. The van der Waals surface area contributed by atoms with E-state index in [1.807, 2.05) is 13.8 Å². The molecule has 0 spiro atoms. The largest absolute Gasteiger partial charge is 0.481 e. The van der Waals surface area contributed by atoms with E-state index in [0.717, 1.165) is 0 Å². The first kappa shape index (κ1) is 15.1. The van der Waals surface area contributed by atoms with E-state index in [0.29, 0.717) is 39.9 Å². The number of aromatic nitrogens is 1. The average molecular weight is 316 g/mol. The Morgan fingerprint density at radius 3 is 2.55 bits per heavy atom. The molecule has 0 fully saturated rings. The van der Waals surface area contributed by atoms with Crippen LogP contribution in [-0.4, -0.2) is 16.1 Å². The van der Waals surface area contributed by atoms with E-state index in [-0.39, 0.29) is 6.42 Å². The Balaban J connectivity index is 2.44. The molecule has 0 aliphatic carbocycles. The first-order valence-corrected chi connectivity index (χ1v) is 7.15. The fraction of sp³-hybridized carbons (Fsp3) is 0.429. The summed E-state index contributed by atoms with van der Waals surface area (Å²) in [7, 11) is 0. The molecule has 1 N–H and O–H groups in total. The van der Waals surface area contributed by atoms with Gasteiger partial charge in [-0.15, -0.1) is 0 Å². The summed E-state index contributed by atoms with van der Waals surface area (Å²) in [6, 6.07) is 3.22. The van der Waals surface area contributed by atoms with Gasteiger partial charge in [-0.3, -0.25) is 4.79 Å². The number of carbonyl (C=O) groups is 1. The fourth-order valence-electron chi connectivity index (χ4n) is 2.25. The summed E-state index contributed by atoms with van der Waals surface area (Å²) in [4.78, 5) is 15.8. The van der Waals surface area contributed by atoms with Crippen molar-refractivity contribution in [1.82, 2.24) is 4.98 Å². The van der Waals surface area contributed by atoms with E-state index >= 15 is 0 Å². The van der Waals surface area contributed by atoms with Crippen LogP contribution in [0.4, 0.5) is 0 Å². The van der Waals surface area contributed by atoms with Crippen LogP contribution in [0.5, 0.6) is 0 Å². The van der Waals surface area contributed by atoms with E-state index in [4.69, 9.17) is 27.6 Å². The quantitative estimate of drug-likeness (QED) is 0.877. The van der Waals surface area contributed by atoms with Crippen molar-refractivity contribution >= 4 is 40.3 Å². The van der Waals surface area contributed by atoms with Crippen molar-refractivity contribution in [2.75, 3.05) is 0 Å². The highest BCUT2D eigenvalue weighted by Gasteiger charge is 2.36. The van der Waals surface area contributed by atoms with Crippen LogP contribution in [-0.2, 0) is 11.2 Å². The van der Waals surface area contributed by atoms with Crippen molar-refractivity contribution in [3.05, 3.63) is 28.1 Å². The summed E-state index contributed by atoms with van der Waals surface area (Å²) in [5, 5.41) is 10.3. The van der Waals surface area contributed by atoms with E-state index in [9.17, 15) is 9.90 Å². The van der Waals surface area contributed by atoms with Crippen LogP contribution in [0.15, 0.2) is 16.5 Å². The summed E-state index contributed by atoms with van der Waals surface area (Å²) in [5.74, 6) is -0.468. The highest BCUT2D eigenvalue weighted by molar-refractivity contribution is 6.37. The molecule has 4 nitrogen and oxygen atoms in total. The summed E-state index contributed by atoms with van der Waals surface area (Å²) >= 11 is 12.0. The Labute approximate surface area is 126 Å². The predicted octanol–water partition coefficient (Wildman–Crippen LogP) is 4.57. The molecular formula is C14H15Cl2NO3. The average Bonchev–Trinajstić information content (AvgIpc) is 2.78. The smallest absolute Gasteiger partial charge is 0.310 e. The molecule has 0 atom stereocenters. The minimum atomic E-state index is -0.864. The Hall–Kier alpha value is -1.26. The van der Waals surface area contributed by atoms with Crippen molar-refractivity contribution in [2.45, 2.75) is 33.1 Å². The molecule has 2 rings (SSSR count). The van der Waals surface area contributed by atoms with Gasteiger partial charge in [-0.05, 0) is 25.0 Å². The molecule has 0 saturated carbocycles. The molecule has 0 saturated heterocycles. The maximum atomic E-state index is 11.5. The normalized spacial score (nSPS) is 12.0. The second kappa shape index (κ2) is 5.62. The SMILES string of the molecule is CCC(CC)(Cc1nc2cc(Cl)cc(Cl)c2o1)C(=O)O. The van der Waals surface area contributed by atoms with Crippen LogP contribution in [0.3, 0.4) is 0 Å². The lowest BCUT2D eigenvalue weighted by molar-refractivity contribution is -0.149. The molecule has 0 amide bonds. The van der Waals surface area contributed by atoms with Crippen LogP contribution in [0, 0.1) is 5.41 Å². The van der Waals surface area contributed by atoms with Crippen LogP contribution < -0.4 is 0 Å². The molecule has 1 heterocycles. The van der Waals surface area contributed by atoms with Crippen molar-refractivity contribution in [3.63, 3.8) is 0 Å². The number of hydrogen-bond acceptors (Lipinski definition) is 3. The summed E-state index contributed by atoms with van der Waals surface area (Å²) in [6.07, 6.45) is 1.25. The van der Waals surface area contributed by atoms with Crippen molar-refractivity contribution in [3.8, 4) is 0 Å². The predicted molar refractivity (Wildman–Crippen MR) is 78.4 cm³/mol. The van der Waals surface area contributed by atoms with E-state index in [2.05, 4.69) is 4.98 Å². The molecule has 1 aromatic carbocycles. The highest BCUT2D eigenvalue weighted by Crippen LogP contribution is 2.34. The van der Waals surface area contributed by atoms with Gasteiger partial charge in [-0.1, -0.05) is 37.0 Å². The lowest BCUT2D eigenvalue weighted by Gasteiger charge is -2.24. The lowest BCUT2D eigenvalue weighted by atomic mass is 9.79. The zero-order valence-corrected chi connectivity index (χ0v) is 12.8. The number of nitrogens with zero attached hydrogens (tertiary/aromatic N) is 1. The zero-order chi connectivity index (χ0) is 14.9. The molecule has 0 radical (unpaired) electrons. The third kappa shape index (κ3) is 2.63. The minimum absolute atomic E-state index is 0.234. The van der Waals surface area contributed by atoms with Gasteiger partial charge in [0.1, 0.15) is 5.52 Å². The minimum Gasteiger partial charge on any atom is -0.481 e. The standard InChI is InChI=1S/C14H15Cl2NO3/c1-3-14(4-2,13(18)19)7-11-17-10-6-8(15)5-9(16)12(10)20-11/h5-6H,3-4,7H2,1-2H3,(H,18,19). The van der Waals surface area contributed by atoms with E-state index < -0.39 is 11.4 Å². The first-order valence-electron chi connectivity index (χ1n) is 6.39. The zero-order valence-electron chi connectivity index (χ0n) is 11.2. The fourth-order valence-corrected chi connectivity index (χ4v) is 2.77. The second-order valence-electron chi connectivity index (χ2n) is 4.81. The topological polar surface area (TPSA) is 63.3 Å². The number of benzene rings is 1. The van der Waals surface area contributed by atoms with Gasteiger partial charge in [0.2, 0.25) is 0 Å². The van der Waals surface area contributed by atoms with Crippen LogP contribution >= 0.6 is 23.2 Å². The number of rotatable bonds is 5. The van der Waals surface area contributed by atoms with Gasteiger partial charge in [0, 0.05) is 11.4 Å². The maximum absolute atomic E-state index is 11.5. The van der Waals surface area contributed by atoms with Crippen molar-refractivity contribution < 1.29 is 14.3 Å². The summed E-state index contributed by atoms with van der Waals surface area (Å²) in [5.41, 5.74) is 0.124. The number of hydrogen-bond donors (Lipinski definition) is 1. The molecule has 0 aliphatic rings.